The van der Waals surface area contributed by atoms with Crippen LogP contribution in [-0.2, 0) is 6.42 Å². The summed E-state index contributed by atoms with van der Waals surface area (Å²) in [4.78, 5) is 12.6. The second-order valence-electron chi connectivity index (χ2n) is 6.69. The molecule has 1 aliphatic heterocycles. The normalized spacial score (nSPS) is 14.6. The Hall–Kier alpha value is -2.67. The average Bonchev–Trinajstić information content (AvgIpc) is 2.69. The van der Waals surface area contributed by atoms with E-state index in [1.165, 1.54) is 24.8 Å². The largest absolute Gasteiger partial charge is 0.494 e. The van der Waals surface area contributed by atoms with Gasteiger partial charge in [-0.25, -0.2) is 0 Å². The van der Waals surface area contributed by atoms with Gasteiger partial charge in [-0.1, -0.05) is 30.3 Å². The smallest absolute Gasteiger partial charge is 0.273 e. The summed E-state index contributed by atoms with van der Waals surface area (Å²) in [7, 11) is 1.49. The Morgan fingerprint density at radius 2 is 1.96 bits per heavy atom. The summed E-state index contributed by atoms with van der Waals surface area (Å²) in [6.45, 7) is 1.80. The van der Waals surface area contributed by atoms with E-state index in [2.05, 4.69) is 34.5 Å². The number of hydrogen-bond donors (Lipinski definition) is 1. The number of nitro benzene ring substituents is 1. The molecule has 1 N–H and O–H groups in total. The van der Waals surface area contributed by atoms with E-state index in [4.69, 9.17) is 17.0 Å². The van der Waals surface area contributed by atoms with Crippen molar-refractivity contribution in [3.63, 3.8) is 0 Å². The zero-order chi connectivity index (χ0) is 19.2. The Bertz CT molecular complexity index is 805. The molecule has 7 heteroatoms. The second-order valence-corrected chi connectivity index (χ2v) is 7.08. The number of rotatable bonds is 5. The number of hydrogen-bond acceptors (Lipinski definition) is 4. The Morgan fingerprint density at radius 3 is 2.59 bits per heavy atom. The van der Waals surface area contributed by atoms with Crippen LogP contribution in [0.15, 0.2) is 48.5 Å². The van der Waals surface area contributed by atoms with Crippen LogP contribution in [0, 0.1) is 16.0 Å². The predicted molar refractivity (Wildman–Crippen MR) is 110 cm³/mol. The van der Waals surface area contributed by atoms with Crippen LogP contribution in [-0.4, -0.2) is 35.1 Å². The number of methoxy groups -OCH3 is 1. The summed E-state index contributed by atoms with van der Waals surface area (Å²) in [5.74, 6) is 1.07. The highest BCUT2D eigenvalue weighted by atomic mass is 32.1. The van der Waals surface area contributed by atoms with Crippen molar-refractivity contribution in [2.24, 2.45) is 5.92 Å². The van der Waals surface area contributed by atoms with Crippen LogP contribution < -0.4 is 10.1 Å². The molecule has 0 aromatic heterocycles. The van der Waals surface area contributed by atoms with Crippen molar-refractivity contribution in [2.75, 3.05) is 25.5 Å². The van der Waals surface area contributed by atoms with Gasteiger partial charge in [0, 0.05) is 19.2 Å². The highest BCUT2D eigenvalue weighted by molar-refractivity contribution is 7.80. The van der Waals surface area contributed by atoms with Gasteiger partial charge in [0.1, 0.15) is 5.75 Å². The van der Waals surface area contributed by atoms with Gasteiger partial charge in [0.05, 0.1) is 23.8 Å². The van der Waals surface area contributed by atoms with Crippen molar-refractivity contribution in [3.05, 3.63) is 64.2 Å². The summed E-state index contributed by atoms with van der Waals surface area (Å²) < 4.78 is 5.26. The van der Waals surface area contributed by atoms with Crippen LogP contribution in [0.25, 0.3) is 0 Å². The van der Waals surface area contributed by atoms with E-state index < -0.39 is 4.92 Å². The number of likely N-dealkylation sites (tertiary alicyclic amines) is 1. The fraction of sp³-hybridized carbons (Fsp3) is 0.350. The lowest BCUT2D eigenvalue weighted by atomic mass is 9.90. The van der Waals surface area contributed by atoms with Crippen LogP contribution in [0.1, 0.15) is 18.4 Å². The quantitative estimate of drug-likeness (QED) is 0.471. The third kappa shape index (κ3) is 4.95. The molecule has 0 amide bonds. The van der Waals surface area contributed by atoms with E-state index in [0.29, 0.717) is 22.5 Å². The first-order chi connectivity index (χ1) is 13.1. The zero-order valence-corrected chi connectivity index (χ0v) is 16.1. The van der Waals surface area contributed by atoms with Crippen molar-refractivity contribution in [1.29, 1.82) is 0 Å². The maximum atomic E-state index is 10.9. The average molecular weight is 385 g/mol. The lowest BCUT2D eigenvalue weighted by Gasteiger charge is -2.34. The minimum atomic E-state index is -0.442. The van der Waals surface area contributed by atoms with Crippen molar-refractivity contribution >= 4 is 28.7 Å². The Balaban J connectivity index is 1.56. The fourth-order valence-electron chi connectivity index (χ4n) is 3.38. The minimum Gasteiger partial charge on any atom is -0.494 e. The van der Waals surface area contributed by atoms with Crippen LogP contribution in [0.2, 0.25) is 0 Å². The minimum absolute atomic E-state index is 0.00922. The van der Waals surface area contributed by atoms with Crippen LogP contribution in [0.5, 0.6) is 5.75 Å². The fourth-order valence-corrected chi connectivity index (χ4v) is 3.67. The van der Waals surface area contributed by atoms with Crippen molar-refractivity contribution in [2.45, 2.75) is 19.3 Å². The van der Waals surface area contributed by atoms with Gasteiger partial charge in [0.15, 0.2) is 5.11 Å². The highest BCUT2D eigenvalue weighted by Gasteiger charge is 2.22. The van der Waals surface area contributed by atoms with Crippen LogP contribution in [0.4, 0.5) is 11.4 Å². The molecular formula is C20H23N3O3S. The lowest BCUT2D eigenvalue weighted by Crippen LogP contribution is -2.41. The highest BCUT2D eigenvalue weighted by Crippen LogP contribution is 2.30. The van der Waals surface area contributed by atoms with Gasteiger partial charge in [0.25, 0.3) is 5.69 Å². The molecule has 3 rings (SSSR count). The molecule has 0 spiro atoms. The van der Waals surface area contributed by atoms with Crippen LogP contribution in [0.3, 0.4) is 0 Å². The molecule has 1 fully saturated rings. The van der Waals surface area contributed by atoms with E-state index in [1.807, 2.05) is 6.07 Å². The zero-order valence-electron chi connectivity index (χ0n) is 15.3. The van der Waals surface area contributed by atoms with E-state index in [1.54, 1.807) is 6.07 Å². The molecule has 142 valence electrons. The van der Waals surface area contributed by atoms with Gasteiger partial charge in [-0.2, -0.15) is 0 Å². The summed E-state index contributed by atoms with van der Waals surface area (Å²) >= 11 is 5.54. The van der Waals surface area contributed by atoms with Gasteiger partial charge in [-0.15, -0.1) is 0 Å². The summed E-state index contributed by atoms with van der Waals surface area (Å²) in [6, 6.07) is 15.0. The Kier molecular flexibility index (Phi) is 6.24. The molecule has 0 radical (unpaired) electrons. The molecule has 1 saturated heterocycles. The SMILES string of the molecule is COc1cc([N+](=O)[O-])ccc1NC(=S)N1CCC(Cc2ccccc2)CC1. The maximum Gasteiger partial charge on any atom is 0.273 e. The summed E-state index contributed by atoms with van der Waals surface area (Å²) in [5.41, 5.74) is 2.01. The number of nitrogens with zero attached hydrogens (tertiary/aromatic N) is 2. The van der Waals surface area contributed by atoms with Gasteiger partial charge < -0.3 is 15.0 Å². The lowest BCUT2D eigenvalue weighted by molar-refractivity contribution is -0.384. The molecule has 2 aromatic rings. The first-order valence-corrected chi connectivity index (χ1v) is 9.40. The number of nitrogens with one attached hydrogen (secondary N) is 1. The van der Waals surface area contributed by atoms with E-state index >= 15 is 0 Å². The molecule has 1 heterocycles. The van der Waals surface area contributed by atoms with Gasteiger partial charge >= 0.3 is 0 Å². The van der Waals surface area contributed by atoms with E-state index in [-0.39, 0.29) is 5.69 Å². The summed E-state index contributed by atoms with van der Waals surface area (Å²) in [6.07, 6.45) is 3.28. The monoisotopic (exact) mass is 385 g/mol. The van der Waals surface area contributed by atoms with Crippen molar-refractivity contribution in [3.8, 4) is 5.75 Å². The third-order valence-electron chi connectivity index (χ3n) is 4.91. The van der Waals surface area contributed by atoms with Crippen molar-refractivity contribution < 1.29 is 9.66 Å². The molecule has 0 atom stereocenters. The molecule has 1 aliphatic rings. The van der Waals surface area contributed by atoms with Gasteiger partial charge in [-0.05, 0) is 49.0 Å². The van der Waals surface area contributed by atoms with Gasteiger partial charge in [0.2, 0.25) is 0 Å². The number of nitro groups is 1. The number of anilines is 1. The Labute approximate surface area is 164 Å². The molecular weight excluding hydrogens is 362 g/mol. The topological polar surface area (TPSA) is 67.6 Å². The molecule has 27 heavy (non-hydrogen) atoms. The molecule has 0 saturated carbocycles. The number of non-ortho nitro benzene ring substituents is 1. The first kappa shape index (κ1) is 19.1. The maximum absolute atomic E-state index is 10.9. The number of thiocarbonyl (C=S) groups is 1. The Morgan fingerprint density at radius 1 is 1.26 bits per heavy atom. The predicted octanol–water partition coefficient (Wildman–Crippen LogP) is 4.25. The number of piperidine rings is 1. The third-order valence-corrected chi connectivity index (χ3v) is 5.27. The summed E-state index contributed by atoms with van der Waals surface area (Å²) in [5, 5.41) is 14.7. The van der Waals surface area contributed by atoms with Crippen molar-refractivity contribution in [1.82, 2.24) is 4.90 Å². The standard InChI is InChI=1S/C20H23N3O3S/c1-26-19-14-17(23(24)25)7-8-18(19)21-20(27)22-11-9-16(10-12-22)13-15-5-3-2-4-6-15/h2-8,14,16H,9-13H2,1H3,(H,21,27). The van der Waals surface area contributed by atoms with Gasteiger partial charge in [-0.3, -0.25) is 10.1 Å². The molecule has 0 aliphatic carbocycles. The van der Waals surface area contributed by atoms with E-state index in [0.717, 1.165) is 32.4 Å². The first-order valence-electron chi connectivity index (χ1n) is 8.99. The number of ether oxygens (including phenoxy) is 1. The molecule has 0 unspecified atom stereocenters. The molecule has 2 aromatic carbocycles. The van der Waals surface area contributed by atoms with Crippen LogP contribution >= 0.6 is 12.2 Å². The number of benzene rings is 2. The molecule has 6 nitrogen and oxygen atoms in total. The second kappa shape index (κ2) is 8.81. The van der Waals surface area contributed by atoms with E-state index in [9.17, 15) is 10.1 Å². The molecule has 0 bridgehead atoms.